The predicted octanol–water partition coefficient (Wildman–Crippen LogP) is 17.7. The van der Waals surface area contributed by atoms with E-state index in [1.807, 2.05) is 36.4 Å². The monoisotopic (exact) mass is 845 g/mol. The van der Waals surface area contributed by atoms with Gasteiger partial charge in [-0.25, -0.2) is 0 Å². The van der Waals surface area contributed by atoms with E-state index in [2.05, 4.69) is 176 Å². The van der Waals surface area contributed by atoms with Gasteiger partial charge in [-0.05, 0) is 120 Å². The summed E-state index contributed by atoms with van der Waals surface area (Å²) in [4.78, 5) is 5.46. The summed E-state index contributed by atoms with van der Waals surface area (Å²) in [5.74, 6) is 0. The lowest BCUT2D eigenvalue weighted by atomic mass is 9.88. The van der Waals surface area contributed by atoms with Crippen LogP contribution in [-0.4, -0.2) is 5.71 Å². The Labute approximate surface area is 382 Å². The summed E-state index contributed by atoms with van der Waals surface area (Å²) < 4.78 is 13.2. The minimum atomic E-state index is -0.367. The maximum Gasteiger partial charge on any atom is 0.143 e. The van der Waals surface area contributed by atoms with E-state index in [9.17, 15) is 0 Å². The zero-order valence-corrected chi connectivity index (χ0v) is 36.3. The van der Waals surface area contributed by atoms with Gasteiger partial charge in [0.25, 0.3) is 0 Å². The number of aliphatic imine (C=N–C) groups is 1. The third kappa shape index (κ3) is 6.47. The molecule has 3 nitrogen and oxygen atoms in total. The van der Waals surface area contributed by atoms with Crippen molar-refractivity contribution in [2.45, 2.75) is 12.5 Å². The molecular weight excluding hydrogens is 803 g/mol. The van der Waals surface area contributed by atoms with E-state index >= 15 is 0 Å². The van der Waals surface area contributed by atoms with Crippen LogP contribution in [0.3, 0.4) is 0 Å². The number of para-hydroxylation sites is 2. The van der Waals surface area contributed by atoms with Gasteiger partial charge < -0.3 is 8.83 Å². The van der Waals surface area contributed by atoms with Crippen molar-refractivity contribution in [1.82, 2.24) is 0 Å². The summed E-state index contributed by atoms with van der Waals surface area (Å²) in [5.41, 5.74) is 13.5. The molecule has 2 heterocycles. The van der Waals surface area contributed by atoms with Crippen LogP contribution in [0.4, 0.5) is 0 Å². The molecule has 0 aliphatic rings. The van der Waals surface area contributed by atoms with Gasteiger partial charge in [0.15, 0.2) is 0 Å². The van der Waals surface area contributed by atoms with Gasteiger partial charge in [-0.1, -0.05) is 190 Å². The van der Waals surface area contributed by atoms with Crippen LogP contribution in [0, 0.1) is 0 Å². The molecule has 0 saturated heterocycles. The largest absolute Gasteiger partial charge is 0.456 e. The molecule has 0 aliphatic heterocycles. The second-order valence-electron chi connectivity index (χ2n) is 17.1. The van der Waals surface area contributed by atoms with Crippen molar-refractivity contribution in [2.75, 3.05) is 0 Å². The highest BCUT2D eigenvalue weighted by atomic mass is 16.3. The second-order valence-corrected chi connectivity index (χ2v) is 17.1. The van der Waals surface area contributed by atoms with E-state index in [4.69, 9.17) is 27.0 Å². The molecule has 12 aromatic rings. The standard InChI is InChI=1S/C63H43NO2/c1-4-56(41-18-6-5-7-19-41)64-62(44-34-35-50-48-24-9-8-22-46(48)47-23-10-11-25-49(47)55(50)38-44)40(3)36-39(2)42-20-14-21-43(37-42)45-27-16-32-58-60(45)61-52(28-17-33-59(61)65-58)54-30-15-29-53-51-26-12-13-31-57(51)66-63(53)54/h4-35,37-38,62H,1-3,36H2. The smallest absolute Gasteiger partial charge is 0.143 e. The normalized spacial score (nSPS) is 12.5. The highest BCUT2D eigenvalue weighted by Crippen LogP contribution is 2.45. The number of allylic oxidation sites excluding steroid dienone is 2. The minimum absolute atomic E-state index is 0.367. The van der Waals surface area contributed by atoms with Crippen LogP contribution in [0.1, 0.15) is 29.2 Å². The lowest BCUT2D eigenvalue weighted by molar-refractivity contribution is 0.669. The van der Waals surface area contributed by atoms with Crippen molar-refractivity contribution in [3.63, 3.8) is 0 Å². The number of fused-ring (bicyclic) bond motifs is 12. The molecule has 0 amide bonds. The van der Waals surface area contributed by atoms with Crippen LogP contribution < -0.4 is 0 Å². The lowest BCUT2D eigenvalue weighted by Crippen LogP contribution is -2.06. The third-order valence-corrected chi connectivity index (χ3v) is 13.2. The molecule has 0 fully saturated rings. The number of rotatable bonds is 10. The summed E-state index contributed by atoms with van der Waals surface area (Å²) in [7, 11) is 0. The van der Waals surface area contributed by atoms with Gasteiger partial charge in [-0.15, -0.1) is 0 Å². The Kier molecular flexibility index (Phi) is 9.43. The van der Waals surface area contributed by atoms with Crippen LogP contribution in [0.2, 0.25) is 0 Å². The molecule has 0 saturated carbocycles. The quantitative estimate of drug-likeness (QED) is 0.0781. The Hall–Kier alpha value is -8.53. The van der Waals surface area contributed by atoms with Gasteiger partial charge in [0.2, 0.25) is 0 Å². The fourth-order valence-corrected chi connectivity index (χ4v) is 10.2. The zero-order chi connectivity index (χ0) is 44.3. The van der Waals surface area contributed by atoms with E-state index in [0.717, 1.165) is 99.7 Å². The lowest BCUT2D eigenvalue weighted by Gasteiger charge is -2.21. The molecule has 0 N–H and O–H groups in total. The topological polar surface area (TPSA) is 38.6 Å². The first-order chi connectivity index (χ1) is 32.5. The fraction of sp³-hybridized carbons (Fsp3) is 0.0317. The first kappa shape index (κ1) is 39.1. The van der Waals surface area contributed by atoms with Crippen molar-refractivity contribution in [3.8, 4) is 22.3 Å². The van der Waals surface area contributed by atoms with Crippen LogP contribution in [0.5, 0.6) is 0 Å². The highest BCUT2D eigenvalue weighted by Gasteiger charge is 2.22. The Morgan fingerprint density at radius 2 is 1.00 bits per heavy atom. The maximum absolute atomic E-state index is 6.61. The molecule has 3 heteroatoms. The highest BCUT2D eigenvalue weighted by molar-refractivity contribution is 6.25. The summed E-state index contributed by atoms with van der Waals surface area (Å²) in [6.45, 7) is 13.7. The van der Waals surface area contributed by atoms with E-state index < -0.39 is 0 Å². The minimum Gasteiger partial charge on any atom is -0.456 e. The first-order valence-electron chi connectivity index (χ1n) is 22.4. The third-order valence-electron chi connectivity index (χ3n) is 13.2. The summed E-state index contributed by atoms with van der Waals surface area (Å²) >= 11 is 0. The molecule has 0 radical (unpaired) electrons. The summed E-state index contributed by atoms with van der Waals surface area (Å²) in [5, 5.41) is 11.7. The van der Waals surface area contributed by atoms with Gasteiger partial charge in [-0.3, -0.25) is 4.99 Å². The average molecular weight is 846 g/mol. The number of hydrogen-bond donors (Lipinski definition) is 0. The average Bonchev–Trinajstić information content (AvgIpc) is 3.96. The second kappa shape index (κ2) is 15.9. The maximum atomic E-state index is 6.61. The Morgan fingerprint density at radius 1 is 0.455 bits per heavy atom. The van der Waals surface area contributed by atoms with Gasteiger partial charge in [-0.2, -0.15) is 0 Å². The SMILES string of the molecule is C=CC(=NC(C(=C)CC(=C)c1cccc(-c2cccc3oc4cccc(-c5cccc6c5oc5ccccc56)c4c23)c1)c1ccc2c3ccccc3c3ccccc3c2c1)c1ccccc1. The number of furan rings is 2. The van der Waals surface area contributed by atoms with Crippen molar-refractivity contribution < 1.29 is 8.83 Å². The Balaban J connectivity index is 0.943. The molecular formula is C63H43NO2. The summed E-state index contributed by atoms with van der Waals surface area (Å²) in [6.07, 6.45) is 2.39. The Bertz CT molecular complexity index is 3940. The number of nitrogens with zero attached hydrogens (tertiary/aromatic N) is 1. The molecule has 1 unspecified atom stereocenters. The van der Waals surface area contributed by atoms with Crippen molar-refractivity contribution in [1.29, 1.82) is 0 Å². The van der Waals surface area contributed by atoms with Crippen LogP contribution in [0.15, 0.2) is 245 Å². The van der Waals surface area contributed by atoms with Crippen LogP contribution in [0.25, 0.3) is 104 Å². The molecule has 12 rings (SSSR count). The first-order valence-corrected chi connectivity index (χ1v) is 22.4. The molecule has 10 aromatic carbocycles. The molecule has 2 aromatic heterocycles. The summed E-state index contributed by atoms with van der Waals surface area (Å²) in [6, 6.07) is 70.0. The Morgan fingerprint density at radius 3 is 1.73 bits per heavy atom. The zero-order valence-electron chi connectivity index (χ0n) is 36.3. The molecule has 0 aliphatic carbocycles. The molecule has 1 atom stereocenters. The number of benzene rings is 10. The van der Waals surface area contributed by atoms with E-state index in [-0.39, 0.29) is 6.04 Å². The van der Waals surface area contributed by atoms with E-state index in [1.165, 1.54) is 32.3 Å². The van der Waals surface area contributed by atoms with E-state index in [0.29, 0.717) is 6.42 Å². The molecule has 312 valence electrons. The van der Waals surface area contributed by atoms with Crippen LogP contribution in [-0.2, 0) is 0 Å². The van der Waals surface area contributed by atoms with Crippen molar-refractivity contribution >= 4 is 87.5 Å². The van der Waals surface area contributed by atoms with Crippen LogP contribution >= 0.6 is 0 Å². The fourth-order valence-electron chi connectivity index (χ4n) is 10.2. The molecule has 0 spiro atoms. The van der Waals surface area contributed by atoms with Gasteiger partial charge in [0, 0.05) is 27.1 Å². The predicted molar refractivity (Wildman–Crippen MR) is 280 cm³/mol. The van der Waals surface area contributed by atoms with Gasteiger partial charge in [0.05, 0.1) is 11.8 Å². The van der Waals surface area contributed by atoms with E-state index in [1.54, 1.807) is 0 Å². The number of hydrogen-bond acceptors (Lipinski definition) is 3. The molecule has 66 heavy (non-hydrogen) atoms. The van der Waals surface area contributed by atoms with Crippen molar-refractivity contribution in [3.05, 3.63) is 248 Å². The van der Waals surface area contributed by atoms with Crippen molar-refractivity contribution in [2.24, 2.45) is 4.99 Å². The molecule has 0 bridgehead atoms. The van der Waals surface area contributed by atoms with Gasteiger partial charge in [0.1, 0.15) is 22.3 Å². The van der Waals surface area contributed by atoms with Gasteiger partial charge >= 0.3 is 0 Å².